The van der Waals surface area contributed by atoms with E-state index in [9.17, 15) is 4.79 Å². The third kappa shape index (κ3) is 2.29. The van der Waals surface area contributed by atoms with Crippen LogP contribution in [0.5, 0.6) is 5.75 Å². The summed E-state index contributed by atoms with van der Waals surface area (Å²) in [5.41, 5.74) is 0.578. The summed E-state index contributed by atoms with van der Waals surface area (Å²) in [7, 11) is 0. The Morgan fingerprint density at radius 3 is 2.91 bits per heavy atom. The monoisotopic (exact) mass is 151 g/mol. The first-order valence-electron chi connectivity index (χ1n) is 3.10. The predicted octanol–water partition coefficient (Wildman–Crippen LogP) is 0.819. The van der Waals surface area contributed by atoms with Crippen LogP contribution in [0, 0.1) is 6.07 Å². The fourth-order valence-electron chi connectivity index (χ4n) is 0.784. The van der Waals surface area contributed by atoms with Gasteiger partial charge in [0.2, 0.25) is 0 Å². The molecule has 0 spiro atoms. The van der Waals surface area contributed by atoms with Crippen LogP contribution in [0.25, 0.3) is 0 Å². The number of carboxylic acids is 1. The minimum absolute atomic E-state index is 0.0243. The van der Waals surface area contributed by atoms with Crippen molar-refractivity contribution in [1.82, 2.24) is 0 Å². The topological polar surface area (TPSA) is 57.5 Å². The lowest BCUT2D eigenvalue weighted by atomic mass is 10.1. The Kier molecular flexibility index (Phi) is 2.11. The summed E-state index contributed by atoms with van der Waals surface area (Å²) in [6, 6.07) is 6.99. The summed E-state index contributed by atoms with van der Waals surface area (Å²) in [5, 5.41) is 17.2. The number of carboxylic acid groups (broad SMARTS) is 1. The van der Waals surface area contributed by atoms with Crippen LogP contribution < -0.4 is 0 Å². The molecule has 11 heavy (non-hydrogen) atoms. The van der Waals surface area contributed by atoms with Crippen molar-refractivity contribution in [3.8, 4) is 5.75 Å². The number of phenolic OH excluding ortho intramolecular Hbond substituents is 1. The molecular weight excluding hydrogens is 144 g/mol. The third-order valence-electron chi connectivity index (χ3n) is 1.21. The molecule has 0 aliphatic rings. The van der Waals surface area contributed by atoms with Crippen LogP contribution in [0.4, 0.5) is 0 Å². The molecule has 3 nitrogen and oxygen atoms in total. The van der Waals surface area contributed by atoms with Crippen molar-refractivity contribution < 1.29 is 15.0 Å². The first-order valence-corrected chi connectivity index (χ1v) is 3.10. The van der Waals surface area contributed by atoms with E-state index >= 15 is 0 Å². The van der Waals surface area contributed by atoms with Crippen molar-refractivity contribution in [1.29, 1.82) is 0 Å². The minimum atomic E-state index is -0.907. The Hall–Kier alpha value is -1.51. The molecular formula is C8H7O3. The standard InChI is InChI=1S/C8H7O3/c9-7-3-1-2-6(4-7)5-8(10)11/h1-2,4,9H,5H2,(H,10,11). The molecule has 0 atom stereocenters. The number of hydrogen-bond acceptors (Lipinski definition) is 2. The Labute approximate surface area is 63.9 Å². The summed E-state index contributed by atoms with van der Waals surface area (Å²) >= 11 is 0. The number of phenols is 1. The van der Waals surface area contributed by atoms with E-state index in [1.165, 1.54) is 12.1 Å². The highest BCUT2D eigenvalue weighted by Crippen LogP contribution is 2.10. The Bertz CT molecular complexity index is 268. The molecule has 1 aromatic rings. The molecule has 0 aromatic heterocycles. The smallest absolute Gasteiger partial charge is 0.307 e. The van der Waals surface area contributed by atoms with Crippen LogP contribution in [0.2, 0.25) is 0 Å². The molecule has 2 N–H and O–H groups in total. The maximum atomic E-state index is 10.2. The van der Waals surface area contributed by atoms with Gasteiger partial charge in [0.1, 0.15) is 5.75 Å². The van der Waals surface area contributed by atoms with Gasteiger partial charge in [-0.05, 0) is 11.6 Å². The number of rotatable bonds is 2. The van der Waals surface area contributed by atoms with Gasteiger partial charge in [0.15, 0.2) is 0 Å². The lowest BCUT2D eigenvalue weighted by Gasteiger charge is -1.95. The summed E-state index contributed by atoms with van der Waals surface area (Å²) in [5.74, 6) is -0.931. The third-order valence-corrected chi connectivity index (χ3v) is 1.21. The van der Waals surface area contributed by atoms with E-state index in [0.717, 1.165) is 0 Å². The Morgan fingerprint density at radius 2 is 2.36 bits per heavy atom. The van der Waals surface area contributed by atoms with Crippen molar-refractivity contribution >= 4 is 5.97 Å². The summed E-state index contributed by atoms with van der Waals surface area (Å²) < 4.78 is 0. The van der Waals surface area contributed by atoms with Crippen LogP contribution in [-0.4, -0.2) is 16.2 Å². The average molecular weight is 151 g/mol. The highest BCUT2D eigenvalue weighted by molar-refractivity contribution is 5.70. The molecule has 0 aliphatic carbocycles. The van der Waals surface area contributed by atoms with E-state index in [1.807, 2.05) is 0 Å². The SMILES string of the molecule is O=C(O)Cc1cc[c]c(O)c1. The van der Waals surface area contributed by atoms with Gasteiger partial charge in [-0.2, -0.15) is 0 Å². The molecule has 0 heterocycles. The fraction of sp³-hybridized carbons (Fsp3) is 0.125. The van der Waals surface area contributed by atoms with Crippen LogP contribution in [0.15, 0.2) is 18.2 Å². The number of hydrogen-bond donors (Lipinski definition) is 2. The van der Waals surface area contributed by atoms with Gasteiger partial charge < -0.3 is 10.2 Å². The van der Waals surface area contributed by atoms with Crippen molar-refractivity contribution in [2.45, 2.75) is 6.42 Å². The number of aromatic hydroxyl groups is 1. The largest absolute Gasteiger partial charge is 0.507 e. The maximum Gasteiger partial charge on any atom is 0.307 e. The van der Waals surface area contributed by atoms with E-state index < -0.39 is 5.97 Å². The summed E-state index contributed by atoms with van der Waals surface area (Å²) in [6.45, 7) is 0. The number of carbonyl (C=O) groups is 1. The quantitative estimate of drug-likeness (QED) is 0.657. The second-order valence-corrected chi connectivity index (χ2v) is 2.15. The molecule has 1 rings (SSSR count). The highest BCUT2D eigenvalue weighted by atomic mass is 16.4. The van der Waals surface area contributed by atoms with Crippen molar-refractivity contribution in [3.63, 3.8) is 0 Å². The fourth-order valence-corrected chi connectivity index (χ4v) is 0.784. The Balaban J connectivity index is 2.79. The van der Waals surface area contributed by atoms with Gasteiger partial charge in [-0.1, -0.05) is 12.1 Å². The van der Waals surface area contributed by atoms with E-state index in [4.69, 9.17) is 10.2 Å². The van der Waals surface area contributed by atoms with E-state index in [-0.39, 0.29) is 12.2 Å². The zero-order valence-corrected chi connectivity index (χ0v) is 5.74. The van der Waals surface area contributed by atoms with Crippen LogP contribution >= 0.6 is 0 Å². The predicted molar refractivity (Wildman–Crippen MR) is 38.3 cm³/mol. The number of aliphatic carboxylic acids is 1. The molecule has 3 heteroatoms. The van der Waals surface area contributed by atoms with Gasteiger partial charge in [-0.15, -0.1) is 0 Å². The van der Waals surface area contributed by atoms with Crippen molar-refractivity contribution in [2.24, 2.45) is 0 Å². The minimum Gasteiger partial charge on any atom is -0.507 e. The Morgan fingerprint density at radius 1 is 1.64 bits per heavy atom. The molecule has 0 aliphatic heterocycles. The van der Waals surface area contributed by atoms with Crippen molar-refractivity contribution in [2.75, 3.05) is 0 Å². The maximum absolute atomic E-state index is 10.2. The van der Waals surface area contributed by atoms with Gasteiger partial charge in [-0.25, -0.2) is 0 Å². The van der Waals surface area contributed by atoms with E-state index in [2.05, 4.69) is 6.07 Å². The molecule has 0 saturated heterocycles. The first kappa shape index (κ1) is 7.60. The number of benzene rings is 1. The first-order chi connectivity index (χ1) is 5.18. The normalized spacial score (nSPS) is 9.45. The van der Waals surface area contributed by atoms with Gasteiger partial charge in [0, 0.05) is 6.07 Å². The van der Waals surface area contributed by atoms with Gasteiger partial charge >= 0.3 is 5.97 Å². The van der Waals surface area contributed by atoms with Gasteiger partial charge in [-0.3, -0.25) is 4.79 Å². The molecule has 0 bridgehead atoms. The molecule has 1 radical (unpaired) electrons. The zero-order chi connectivity index (χ0) is 8.27. The highest BCUT2D eigenvalue weighted by Gasteiger charge is 1.99. The summed E-state index contributed by atoms with van der Waals surface area (Å²) in [4.78, 5) is 10.2. The molecule has 57 valence electrons. The molecule has 0 amide bonds. The second kappa shape index (κ2) is 3.05. The molecule has 1 aromatic carbocycles. The lowest BCUT2D eigenvalue weighted by molar-refractivity contribution is -0.136. The van der Waals surface area contributed by atoms with Gasteiger partial charge in [0.05, 0.1) is 6.42 Å². The van der Waals surface area contributed by atoms with Crippen LogP contribution in [-0.2, 0) is 11.2 Å². The lowest BCUT2D eigenvalue weighted by Crippen LogP contribution is -1.99. The zero-order valence-electron chi connectivity index (χ0n) is 5.74. The van der Waals surface area contributed by atoms with E-state index in [0.29, 0.717) is 5.56 Å². The van der Waals surface area contributed by atoms with Crippen LogP contribution in [0.3, 0.4) is 0 Å². The van der Waals surface area contributed by atoms with Crippen LogP contribution in [0.1, 0.15) is 5.56 Å². The second-order valence-electron chi connectivity index (χ2n) is 2.15. The molecule has 0 unspecified atom stereocenters. The van der Waals surface area contributed by atoms with E-state index in [1.54, 1.807) is 6.07 Å². The summed E-state index contributed by atoms with van der Waals surface area (Å²) in [6.07, 6.45) is -0.0672. The molecule has 0 fully saturated rings. The van der Waals surface area contributed by atoms with Gasteiger partial charge in [0.25, 0.3) is 0 Å². The average Bonchev–Trinajstić information content (AvgIpc) is 1.85. The van der Waals surface area contributed by atoms with Crippen molar-refractivity contribution in [3.05, 3.63) is 29.8 Å². The molecule has 0 saturated carbocycles.